The maximum absolute atomic E-state index is 11.5. The minimum atomic E-state index is -0.402. The molecule has 2 rings (SSSR count). The number of carbonyl (C=O) groups is 1. The van der Waals surface area contributed by atoms with Crippen LogP contribution in [0.25, 0.3) is 0 Å². The average Bonchev–Trinajstić information content (AvgIpc) is 3.04. The number of thiophene rings is 1. The predicted octanol–water partition coefficient (Wildman–Crippen LogP) is 2.78. The molecular formula is C14H21N3O3S. The molecule has 1 saturated heterocycles. The Balaban J connectivity index is 2.19. The lowest BCUT2D eigenvalue weighted by molar-refractivity contribution is -0.383. The van der Waals surface area contributed by atoms with Crippen molar-refractivity contribution in [3.8, 4) is 0 Å². The molecule has 21 heavy (non-hydrogen) atoms. The molecule has 0 saturated carbocycles. The summed E-state index contributed by atoms with van der Waals surface area (Å²) in [5.41, 5.74) is 0.0359. The molecular weight excluding hydrogens is 290 g/mol. The topological polar surface area (TPSA) is 66.7 Å². The van der Waals surface area contributed by atoms with Crippen molar-refractivity contribution in [2.24, 2.45) is 0 Å². The molecule has 116 valence electrons. The van der Waals surface area contributed by atoms with Gasteiger partial charge in [-0.2, -0.15) is 0 Å². The lowest BCUT2D eigenvalue weighted by atomic mass is 10.2. The van der Waals surface area contributed by atoms with E-state index in [4.69, 9.17) is 0 Å². The highest BCUT2D eigenvalue weighted by Crippen LogP contribution is 2.37. The number of rotatable bonds is 6. The van der Waals surface area contributed by atoms with E-state index in [0.29, 0.717) is 15.9 Å². The Kier molecular flexibility index (Phi) is 4.95. The van der Waals surface area contributed by atoms with Crippen LogP contribution in [0, 0.1) is 10.1 Å². The van der Waals surface area contributed by atoms with Crippen molar-refractivity contribution in [2.45, 2.75) is 32.7 Å². The molecule has 1 aromatic rings. The maximum Gasteiger partial charge on any atom is 0.304 e. The summed E-state index contributed by atoms with van der Waals surface area (Å²) in [6, 6.07) is 1.83. The first-order valence-electron chi connectivity index (χ1n) is 7.18. The molecule has 1 aliphatic rings. The van der Waals surface area contributed by atoms with Gasteiger partial charge in [0.25, 0.3) is 0 Å². The van der Waals surface area contributed by atoms with E-state index in [2.05, 4.69) is 11.8 Å². The Hall–Kier alpha value is -1.47. The maximum atomic E-state index is 11.5. The molecule has 1 fully saturated rings. The van der Waals surface area contributed by atoms with Gasteiger partial charge in [0.05, 0.1) is 9.80 Å². The van der Waals surface area contributed by atoms with Gasteiger partial charge in [0, 0.05) is 25.7 Å². The monoisotopic (exact) mass is 311 g/mol. The first-order valence-corrected chi connectivity index (χ1v) is 8.00. The van der Waals surface area contributed by atoms with Gasteiger partial charge >= 0.3 is 5.69 Å². The standard InChI is InChI=1S/C14H21N3O3S/c1-4-16-7-5-6-11(16)9-15(3)14-12(17(19)20)8-13(21-14)10(2)18/h8,11H,4-7,9H2,1-3H3. The number of nitro groups is 1. The molecule has 0 radical (unpaired) electrons. The summed E-state index contributed by atoms with van der Waals surface area (Å²) in [4.78, 5) is 27.0. The van der Waals surface area contributed by atoms with E-state index in [1.807, 2.05) is 11.9 Å². The highest BCUT2D eigenvalue weighted by Gasteiger charge is 2.28. The van der Waals surface area contributed by atoms with Crippen LogP contribution in [0.4, 0.5) is 10.7 Å². The summed E-state index contributed by atoms with van der Waals surface area (Å²) in [7, 11) is 1.87. The first kappa shape index (κ1) is 15.9. The molecule has 0 N–H and O–H groups in total. The van der Waals surface area contributed by atoms with Crippen LogP contribution in [0.2, 0.25) is 0 Å². The second-order valence-electron chi connectivity index (χ2n) is 5.42. The van der Waals surface area contributed by atoms with Gasteiger partial charge in [-0.3, -0.25) is 19.8 Å². The number of ketones is 1. The Morgan fingerprint density at radius 1 is 1.62 bits per heavy atom. The van der Waals surface area contributed by atoms with Crippen LogP contribution in [-0.4, -0.2) is 48.3 Å². The fourth-order valence-electron chi connectivity index (χ4n) is 2.87. The van der Waals surface area contributed by atoms with Gasteiger partial charge in [0.2, 0.25) is 0 Å². The van der Waals surface area contributed by atoms with Gasteiger partial charge in [0.15, 0.2) is 10.8 Å². The van der Waals surface area contributed by atoms with Crippen molar-refractivity contribution in [3.63, 3.8) is 0 Å². The molecule has 0 bridgehead atoms. The molecule has 1 unspecified atom stereocenters. The summed E-state index contributed by atoms with van der Waals surface area (Å²) < 4.78 is 0. The van der Waals surface area contributed by atoms with Crippen molar-refractivity contribution in [3.05, 3.63) is 21.1 Å². The van der Waals surface area contributed by atoms with E-state index in [-0.39, 0.29) is 11.5 Å². The van der Waals surface area contributed by atoms with E-state index in [1.54, 1.807) is 0 Å². The third-order valence-electron chi connectivity index (χ3n) is 3.97. The third-order valence-corrected chi connectivity index (χ3v) is 5.31. The quantitative estimate of drug-likeness (QED) is 0.459. The van der Waals surface area contributed by atoms with Gasteiger partial charge in [-0.05, 0) is 32.9 Å². The Morgan fingerprint density at radius 3 is 2.90 bits per heavy atom. The lowest BCUT2D eigenvalue weighted by Gasteiger charge is -2.27. The van der Waals surface area contributed by atoms with Crippen LogP contribution in [0.15, 0.2) is 6.07 Å². The first-order chi connectivity index (χ1) is 9.93. The summed E-state index contributed by atoms with van der Waals surface area (Å²) in [5, 5.41) is 11.8. The van der Waals surface area contributed by atoms with Gasteiger partial charge in [-0.1, -0.05) is 6.92 Å². The second-order valence-corrected chi connectivity index (χ2v) is 6.45. The van der Waals surface area contributed by atoms with Crippen LogP contribution < -0.4 is 4.90 Å². The Bertz CT molecular complexity index is 544. The van der Waals surface area contributed by atoms with Crippen molar-refractivity contribution in [2.75, 3.05) is 31.6 Å². The summed E-state index contributed by atoms with van der Waals surface area (Å²) in [6.45, 7) is 6.44. The van der Waals surface area contributed by atoms with Gasteiger partial charge in [-0.25, -0.2) is 0 Å². The van der Waals surface area contributed by atoms with Crippen LogP contribution >= 0.6 is 11.3 Å². The zero-order valence-electron chi connectivity index (χ0n) is 12.7. The lowest BCUT2D eigenvalue weighted by Crippen LogP contribution is -2.38. The largest absolute Gasteiger partial charge is 0.359 e. The number of likely N-dealkylation sites (tertiary alicyclic amines) is 1. The number of Topliss-reactive ketones (excluding diaryl/α,β-unsaturated/α-hetero) is 1. The van der Waals surface area contributed by atoms with Crippen molar-refractivity contribution < 1.29 is 9.72 Å². The molecule has 6 nitrogen and oxygen atoms in total. The van der Waals surface area contributed by atoms with Crippen LogP contribution in [0.1, 0.15) is 36.4 Å². The number of carbonyl (C=O) groups excluding carboxylic acids is 1. The number of hydrogen-bond donors (Lipinski definition) is 0. The van der Waals surface area contributed by atoms with Gasteiger partial charge in [-0.15, -0.1) is 11.3 Å². The number of likely N-dealkylation sites (N-methyl/N-ethyl adjacent to an activating group) is 2. The molecule has 0 aliphatic carbocycles. The van der Waals surface area contributed by atoms with E-state index >= 15 is 0 Å². The molecule has 2 heterocycles. The van der Waals surface area contributed by atoms with Crippen molar-refractivity contribution in [1.29, 1.82) is 0 Å². The highest BCUT2D eigenvalue weighted by atomic mass is 32.1. The zero-order chi connectivity index (χ0) is 15.6. The molecule has 1 aromatic heterocycles. The average molecular weight is 311 g/mol. The minimum absolute atomic E-state index is 0.0359. The van der Waals surface area contributed by atoms with E-state index in [9.17, 15) is 14.9 Å². The number of nitrogens with zero attached hydrogens (tertiary/aromatic N) is 3. The third kappa shape index (κ3) is 3.41. The summed E-state index contributed by atoms with van der Waals surface area (Å²) in [6.07, 6.45) is 2.30. The van der Waals surface area contributed by atoms with E-state index < -0.39 is 4.92 Å². The van der Waals surface area contributed by atoms with E-state index in [0.717, 1.165) is 26.1 Å². The van der Waals surface area contributed by atoms with Crippen molar-refractivity contribution >= 4 is 27.8 Å². The van der Waals surface area contributed by atoms with Crippen LogP contribution in [0.3, 0.4) is 0 Å². The number of anilines is 1. The molecule has 1 aliphatic heterocycles. The molecule has 1 atom stereocenters. The summed E-state index contributed by atoms with van der Waals surface area (Å²) in [5.74, 6) is -0.126. The minimum Gasteiger partial charge on any atom is -0.359 e. The van der Waals surface area contributed by atoms with Crippen molar-refractivity contribution in [1.82, 2.24) is 4.90 Å². The zero-order valence-corrected chi connectivity index (χ0v) is 13.5. The fraction of sp³-hybridized carbons (Fsp3) is 0.643. The predicted molar refractivity (Wildman–Crippen MR) is 84.5 cm³/mol. The molecule has 0 spiro atoms. The number of hydrogen-bond acceptors (Lipinski definition) is 6. The van der Waals surface area contributed by atoms with Crippen LogP contribution in [-0.2, 0) is 0 Å². The molecule has 0 aromatic carbocycles. The SMILES string of the molecule is CCN1CCCC1CN(C)c1sc(C(C)=O)cc1[N+](=O)[O-]. The Labute approximate surface area is 128 Å². The molecule has 0 amide bonds. The normalized spacial score (nSPS) is 18.9. The van der Waals surface area contributed by atoms with Gasteiger partial charge < -0.3 is 4.90 Å². The van der Waals surface area contributed by atoms with Crippen LogP contribution in [0.5, 0.6) is 0 Å². The second kappa shape index (κ2) is 6.53. The summed E-state index contributed by atoms with van der Waals surface area (Å²) >= 11 is 1.21. The fourth-order valence-corrected chi connectivity index (χ4v) is 3.86. The molecule has 7 heteroatoms. The van der Waals surface area contributed by atoms with Gasteiger partial charge in [0.1, 0.15) is 0 Å². The Morgan fingerprint density at radius 2 is 2.33 bits per heavy atom. The highest BCUT2D eigenvalue weighted by molar-refractivity contribution is 7.18. The van der Waals surface area contributed by atoms with E-state index in [1.165, 1.54) is 30.7 Å². The smallest absolute Gasteiger partial charge is 0.304 e.